The van der Waals surface area contributed by atoms with Crippen LogP contribution in [0.1, 0.15) is 30.5 Å². The zero-order valence-electron chi connectivity index (χ0n) is 13.8. The molecule has 2 atom stereocenters. The number of aromatic nitrogens is 1. The molecule has 0 unspecified atom stereocenters. The van der Waals surface area contributed by atoms with E-state index < -0.39 is 0 Å². The number of pyridine rings is 1. The summed E-state index contributed by atoms with van der Waals surface area (Å²) in [4.78, 5) is 6.73. The molecule has 0 aliphatic carbocycles. The van der Waals surface area contributed by atoms with E-state index in [0.29, 0.717) is 6.04 Å². The number of aryl methyl sites for hydroxylation is 1. The Morgan fingerprint density at radius 3 is 2.87 bits per heavy atom. The molecule has 1 aromatic heterocycles. The van der Waals surface area contributed by atoms with Crippen molar-refractivity contribution in [3.63, 3.8) is 0 Å². The number of methoxy groups -OCH3 is 1. The highest BCUT2D eigenvalue weighted by atomic mass is 19.1. The van der Waals surface area contributed by atoms with Crippen LogP contribution in [0.4, 0.5) is 4.39 Å². The standard InChI is InChI=1S/C19H21FN2O/c1-11-8-18(23-3)15-9-12(4-6-16(15)21-11)14-10-13-5-7-17(19(14)20)22(13)2/h4,6,8-9,13,17H,5,7,10H2,1-3H3/t13-,17+/m1/s1. The first-order valence-electron chi connectivity index (χ1n) is 8.14. The molecular formula is C19H21FN2O. The number of hydrogen-bond donors (Lipinski definition) is 0. The molecule has 0 spiro atoms. The lowest BCUT2D eigenvalue weighted by atomic mass is 9.93. The minimum absolute atomic E-state index is 0.0413. The van der Waals surface area contributed by atoms with Crippen LogP contribution in [0.15, 0.2) is 30.1 Å². The van der Waals surface area contributed by atoms with Gasteiger partial charge in [0, 0.05) is 23.2 Å². The number of rotatable bonds is 2. The Bertz CT molecular complexity index is 814. The highest BCUT2D eigenvalue weighted by Crippen LogP contribution is 2.43. The fraction of sp³-hybridized carbons (Fsp3) is 0.421. The maximum Gasteiger partial charge on any atom is 0.130 e. The van der Waals surface area contributed by atoms with Gasteiger partial charge in [-0.1, -0.05) is 6.07 Å². The summed E-state index contributed by atoms with van der Waals surface area (Å²) in [6, 6.07) is 8.34. The number of halogens is 1. The molecule has 4 rings (SSSR count). The van der Waals surface area contributed by atoms with Crippen LogP contribution in [0.2, 0.25) is 0 Å². The number of likely N-dealkylation sites (N-methyl/N-ethyl adjacent to an activating group) is 1. The molecule has 2 aromatic rings. The van der Waals surface area contributed by atoms with E-state index in [1.54, 1.807) is 7.11 Å². The maximum absolute atomic E-state index is 14.9. The highest BCUT2D eigenvalue weighted by molar-refractivity contribution is 5.89. The van der Waals surface area contributed by atoms with E-state index in [9.17, 15) is 4.39 Å². The van der Waals surface area contributed by atoms with E-state index in [2.05, 4.69) is 9.88 Å². The van der Waals surface area contributed by atoms with E-state index in [0.717, 1.165) is 52.7 Å². The van der Waals surface area contributed by atoms with E-state index in [4.69, 9.17) is 4.74 Å². The molecule has 120 valence electrons. The Morgan fingerprint density at radius 2 is 2.09 bits per heavy atom. The van der Waals surface area contributed by atoms with E-state index in [1.165, 1.54) is 0 Å². The zero-order valence-corrected chi connectivity index (χ0v) is 13.8. The Hall–Kier alpha value is -1.94. The SMILES string of the molecule is COc1cc(C)nc2ccc(C3=C(F)[C@@H]4CC[C@H](C3)N4C)cc12. The zero-order chi connectivity index (χ0) is 16.1. The highest BCUT2D eigenvalue weighted by Gasteiger charge is 2.39. The second kappa shape index (κ2) is 5.31. The molecule has 0 radical (unpaired) electrons. The van der Waals surface area contributed by atoms with Crippen molar-refractivity contribution in [3.05, 3.63) is 41.3 Å². The smallest absolute Gasteiger partial charge is 0.130 e. The second-order valence-corrected chi connectivity index (χ2v) is 6.64. The largest absolute Gasteiger partial charge is 0.496 e. The average Bonchev–Trinajstić information content (AvgIpc) is 2.81. The Labute approximate surface area is 135 Å². The van der Waals surface area contributed by atoms with Gasteiger partial charge in [0.25, 0.3) is 0 Å². The predicted molar refractivity (Wildman–Crippen MR) is 90.3 cm³/mol. The summed E-state index contributed by atoms with van der Waals surface area (Å²) in [5.41, 5.74) is 3.64. The van der Waals surface area contributed by atoms with Crippen LogP contribution in [0.5, 0.6) is 5.75 Å². The molecule has 3 nitrogen and oxygen atoms in total. The van der Waals surface area contributed by atoms with Gasteiger partial charge in [0.1, 0.15) is 11.6 Å². The Morgan fingerprint density at radius 1 is 1.26 bits per heavy atom. The molecule has 2 bridgehead atoms. The van der Waals surface area contributed by atoms with E-state index in [-0.39, 0.29) is 11.9 Å². The second-order valence-electron chi connectivity index (χ2n) is 6.64. The van der Waals surface area contributed by atoms with Crippen molar-refractivity contribution in [2.75, 3.05) is 14.2 Å². The molecule has 0 amide bonds. The quantitative estimate of drug-likeness (QED) is 0.835. The van der Waals surface area contributed by atoms with Gasteiger partial charge in [-0.25, -0.2) is 4.39 Å². The maximum atomic E-state index is 14.9. The lowest BCUT2D eigenvalue weighted by Crippen LogP contribution is -2.36. The lowest BCUT2D eigenvalue weighted by molar-refractivity contribution is 0.230. The summed E-state index contributed by atoms with van der Waals surface area (Å²) in [5.74, 6) is 0.839. The van der Waals surface area contributed by atoms with Crippen LogP contribution in [-0.2, 0) is 0 Å². The Kier molecular flexibility index (Phi) is 3.38. The first-order valence-corrected chi connectivity index (χ1v) is 8.14. The molecular weight excluding hydrogens is 291 g/mol. The number of fused-ring (bicyclic) bond motifs is 3. The lowest BCUT2D eigenvalue weighted by Gasteiger charge is -2.32. The van der Waals surface area contributed by atoms with Crippen molar-refractivity contribution in [1.82, 2.24) is 9.88 Å². The monoisotopic (exact) mass is 312 g/mol. The van der Waals surface area contributed by atoms with Crippen molar-refractivity contribution < 1.29 is 9.13 Å². The molecule has 1 saturated heterocycles. The molecule has 3 heterocycles. The van der Waals surface area contributed by atoms with Crippen LogP contribution in [0.25, 0.3) is 16.5 Å². The van der Waals surface area contributed by atoms with E-state index >= 15 is 0 Å². The van der Waals surface area contributed by atoms with Crippen LogP contribution >= 0.6 is 0 Å². The van der Waals surface area contributed by atoms with Crippen LogP contribution in [0.3, 0.4) is 0 Å². The van der Waals surface area contributed by atoms with Crippen molar-refractivity contribution in [3.8, 4) is 5.75 Å². The first kappa shape index (κ1) is 14.6. The molecule has 4 heteroatoms. The number of hydrogen-bond acceptors (Lipinski definition) is 3. The fourth-order valence-electron chi connectivity index (χ4n) is 4.03. The minimum Gasteiger partial charge on any atom is -0.496 e. The summed E-state index contributed by atoms with van der Waals surface area (Å²) in [6.07, 6.45) is 2.79. The van der Waals surface area contributed by atoms with Gasteiger partial charge in [-0.2, -0.15) is 0 Å². The van der Waals surface area contributed by atoms with Crippen LogP contribution in [-0.4, -0.2) is 36.1 Å². The molecule has 2 aliphatic heterocycles. The van der Waals surface area contributed by atoms with Crippen LogP contribution < -0.4 is 4.74 Å². The number of ether oxygens (including phenoxy) is 1. The average molecular weight is 312 g/mol. The van der Waals surface area contributed by atoms with Gasteiger partial charge in [0.05, 0.1) is 18.7 Å². The van der Waals surface area contributed by atoms with E-state index in [1.807, 2.05) is 38.2 Å². The third-order valence-corrected chi connectivity index (χ3v) is 5.33. The Balaban J connectivity index is 1.85. The van der Waals surface area contributed by atoms with Crippen molar-refractivity contribution in [1.29, 1.82) is 0 Å². The summed E-state index contributed by atoms with van der Waals surface area (Å²) in [6.45, 7) is 1.95. The number of nitrogens with zero attached hydrogens (tertiary/aromatic N) is 2. The molecule has 2 aliphatic rings. The minimum atomic E-state index is -0.0440. The predicted octanol–water partition coefficient (Wildman–Crippen LogP) is 4.10. The van der Waals surface area contributed by atoms with Gasteiger partial charge < -0.3 is 4.74 Å². The summed E-state index contributed by atoms with van der Waals surface area (Å²) < 4.78 is 20.4. The summed E-state index contributed by atoms with van der Waals surface area (Å²) in [7, 11) is 3.70. The topological polar surface area (TPSA) is 25.4 Å². The van der Waals surface area contributed by atoms with Crippen molar-refractivity contribution in [2.24, 2.45) is 0 Å². The molecule has 1 fully saturated rings. The third kappa shape index (κ3) is 2.24. The van der Waals surface area contributed by atoms with Gasteiger partial charge in [0.15, 0.2) is 0 Å². The van der Waals surface area contributed by atoms with Gasteiger partial charge in [0.2, 0.25) is 0 Å². The molecule has 0 N–H and O–H groups in total. The van der Waals surface area contributed by atoms with Crippen molar-refractivity contribution in [2.45, 2.75) is 38.3 Å². The van der Waals surface area contributed by atoms with Crippen LogP contribution in [0, 0.1) is 6.92 Å². The van der Waals surface area contributed by atoms with Gasteiger partial charge in [-0.15, -0.1) is 0 Å². The summed E-state index contributed by atoms with van der Waals surface area (Å²) in [5, 5.41) is 0.946. The molecule has 0 saturated carbocycles. The van der Waals surface area contributed by atoms with Gasteiger partial charge in [-0.3, -0.25) is 9.88 Å². The van der Waals surface area contributed by atoms with Crippen molar-refractivity contribution >= 4 is 16.5 Å². The molecule has 1 aromatic carbocycles. The number of benzene rings is 1. The van der Waals surface area contributed by atoms with Gasteiger partial charge >= 0.3 is 0 Å². The normalized spacial score (nSPS) is 24.5. The third-order valence-electron chi connectivity index (χ3n) is 5.33. The fourth-order valence-corrected chi connectivity index (χ4v) is 4.03. The first-order chi connectivity index (χ1) is 11.1. The summed E-state index contributed by atoms with van der Waals surface area (Å²) >= 11 is 0. The molecule has 23 heavy (non-hydrogen) atoms. The van der Waals surface area contributed by atoms with Gasteiger partial charge in [-0.05, 0) is 56.5 Å².